The van der Waals surface area contributed by atoms with Gasteiger partial charge in [-0.3, -0.25) is 4.79 Å². The summed E-state index contributed by atoms with van der Waals surface area (Å²) >= 11 is 0. The Morgan fingerprint density at radius 1 is 1.73 bits per heavy atom. The van der Waals surface area contributed by atoms with Crippen molar-refractivity contribution >= 4 is 5.97 Å². The molecule has 15 heavy (non-hydrogen) atoms. The highest BCUT2D eigenvalue weighted by molar-refractivity contribution is 5.73. The molecule has 88 valence electrons. The summed E-state index contributed by atoms with van der Waals surface area (Å²) in [6.07, 6.45) is 1.14. The highest BCUT2D eigenvalue weighted by Gasteiger charge is 2.22. The van der Waals surface area contributed by atoms with Gasteiger partial charge in [-0.2, -0.15) is 0 Å². The van der Waals surface area contributed by atoms with Crippen molar-refractivity contribution in [3.05, 3.63) is 0 Å². The van der Waals surface area contributed by atoms with Gasteiger partial charge in [-0.05, 0) is 25.9 Å². The van der Waals surface area contributed by atoms with Gasteiger partial charge in [0.1, 0.15) is 6.04 Å². The quantitative estimate of drug-likeness (QED) is 0.634. The number of aliphatic carboxylic acids is 1. The Balaban J connectivity index is 2.24. The van der Waals surface area contributed by atoms with Crippen LogP contribution in [0.1, 0.15) is 6.42 Å². The Hall–Kier alpha value is -0.650. The molecule has 1 rings (SSSR count). The van der Waals surface area contributed by atoms with E-state index in [9.17, 15) is 4.79 Å². The van der Waals surface area contributed by atoms with Crippen molar-refractivity contribution in [1.82, 2.24) is 10.2 Å². The first-order valence-corrected chi connectivity index (χ1v) is 5.27. The van der Waals surface area contributed by atoms with Crippen LogP contribution in [-0.4, -0.2) is 62.4 Å². The molecule has 1 saturated heterocycles. The molecule has 0 aromatic heterocycles. The third-order valence-electron chi connectivity index (χ3n) is 2.77. The summed E-state index contributed by atoms with van der Waals surface area (Å²) in [5.74, 6) is -0.281. The first-order chi connectivity index (χ1) is 7.13. The van der Waals surface area contributed by atoms with Crippen LogP contribution in [0.25, 0.3) is 0 Å². The number of nitrogens with zero attached hydrogens (tertiary/aromatic N) is 1. The number of nitrogens with one attached hydrogen (secondary N) is 1. The fourth-order valence-electron chi connectivity index (χ4n) is 1.89. The predicted molar refractivity (Wildman–Crippen MR) is 56.9 cm³/mol. The van der Waals surface area contributed by atoms with E-state index in [0.717, 1.165) is 26.1 Å². The number of methoxy groups -OCH3 is 1. The highest BCUT2D eigenvalue weighted by atomic mass is 16.5. The van der Waals surface area contributed by atoms with E-state index >= 15 is 0 Å². The molecule has 1 aliphatic heterocycles. The second-order valence-electron chi connectivity index (χ2n) is 4.17. The average Bonchev–Trinajstić information content (AvgIpc) is 2.58. The number of rotatable bonds is 6. The zero-order valence-corrected chi connectivity index (χ0v) is 9.40. The zero-order valence-electron chi connectivity index (χ0n) is 9.40. The van der Waals surface area contributed by atoms with Gasteiger partial charge in [0.25, 0.3) is 0 Å². The van der Waals surface area contributed by atoms with Gasteiger partial charge in [-0.1, -0.05) is 0 Å². The van der Waals surface area contributed by atoms with E-state index in [1.165, 1.54) is 7.11 Å². The minimum absolute atomic E-state index is 0.220. The molecule has 1 fully saturated rings. The average molecular weight is 216 g/mol. The molecule has 1 heterocycles. The minimum Gasteiger partial charge on any atom is -0.480 e. The topological polar surface area (TPSA) is 61.8 Å². The number of hydrogen-bond acceptors (Lipinski definition) is 4. The summed E-state index contributed by atoms with van der Waals surface area (Å²) < 4.78 is 4.85. The van der Waals surface area contributed by atoms with Crippen molar-refractivity contribution in [1.29, 1.82) is 0 Å². The van der Waals surface area contributed by atoms with E-state index in [4.69, 9.17) is 9.84 Å². The second-order valence-corrected chi connectivity index (χ2v) is 4.17. The summed E-state index contributed by atoms with van der Waals surface area (Å²) in [6.45, 7) is 3.13. The van der Waals surface area contributed by atoms with Gasteiger partial charge in [0.15, 0.2) is 0 Å². The third-order valence-corrected chi connectivity index (χ3v) is 2.77. The van der Waals surface area contributed by atoms with Crippen LogP contribution in [-0.2, 0) is 9.53 Å². The molecule has 0 bridgehead atoms. The monoisotopic (exact) mass is 216 g/mol. The van der Waals surface area contributed by atoms with Gasteiger partial charge in [0.2, 0.25) is 0 Å². The Morgan fingerprint density at radius 2 is 2.47 bits per heavy atom. The van der Waals surface area contributed by atoms with E-state index in [0.29, 0.717) is 5.92 Å². The van der Waals surface area contributed by atoms with Crippen LogP contribution in [0.4, 0.5) is 0 Å². The van der Waals surface area contributed by atoms with Crippen LogP contribution in [0, 0.1) is 5.92 Å². The number of carboxylic acid groups (broad SMARTS) is 1. The molecule has 2 atom stereocenters. The van der Waals surface area contributed by atoms with E-state index in [1.54, 1.807) is 0 Å². The van der Waals surface area contributed by atoms with Crippen molar-refractivity contribution < 1.29 is 14.6 Å². The largest absolute Gasteiger partial charge is 0.480 e. The number of likely N-dealkylation sites (tertiary alicyclic amines) is 1. The lowest BCUT2D eigenvalue weighted by molar-refractivity contribution is -0.140. The van der Waals surface area contributed by atoms with Gasteiger partial charge in [0.05, 0.1) is 6.61 Å². The maximum absolute atomic E-state index is 10.8. The summed E-state index contributed by atoms with van der Waals surface area (Å²) in [7, 11) is 3.60. The lowest BCUT2D eigenvalue weighted by Crippen LogP contribution is -2.42. The van der Waals surface area contributed by atoms with E-state index in [2.05, 4.69) is 17.3 Å². The number of hydrogen-bond donors (Lipinski definition) is 2. The normalized spacial score (nSPS) is 24.3. The third kappa shape index (κ3) is 4.15. The van der Waals surface area contributed by atoms with E-state index < -0.39 is 12.0 Å². The Kier molecular flexibility index (Phi) is 5.01. The van der Waals surface area contributed by atoms with Crippen LogP contribution in [0.3, 0.4) is 0 Å². The van der Waals surface area contributed by atoms with Crippen molar-refractivity contribution in [2.75, 3.05) is 40.4 Å². The molecule has 0 amide bonds. The molecule has 0 aliphatic carbocycles. The smallest absolute Gasteiger partial charge is 0.323 e. The van der Waals surface area contributed by atoms with E-state index in [1.807, 2.05) is 0 Å². The second kappa shape index (κ2) is 6.05. The van der Waals surface area contributed by atoms with Crippen LogP contribution in [0.15, 0.2) is 0 Å². The molecule has 5 nitrogen and oxygen atoms in total. The van der Waals surface area contributed by atoms with E-state index in [-0.39, 0.29) is 6.61 Å². The lowest BCUT2D eigenvalue weighted by Gasteiger charge is -2.16. The molecule has 1 aliphatic rings. The molecule has 2 N–H and O–H groups in total. The van der Waals surface area contributed by atoms with Crippen LogP contribution in [0.2, 0.25) is 0 Å². The Labute approximate surface area is 90.4 Å². The lowest BCUT2D eigenvalue weighted by atomic mass is 10.1. The zero-order chi connectivity index (χ0) is 11.3. The summed E-state index contributed by atoms with van der Waals surface area (Å²) in [5, 5.41) is 11.9. The van der Waals surface area contributed by atoms with Gasteiger partial charge in [0, 0.05) is 20.2 Å². The number of carbonyl (C=O) groups is 1. The standard InChI is InChI=1S/C10H20N2O3/c1-12-4-3-8(6-12)5-11-9(7-15-2)10(13)14/h8-9,11H,3-7H2,1-2H3,(H,13,14). The van der Waals surface area contributed by atoms with Crippen molar-refractivity contribution in [2.45, 2.75) is 12.5 Å². The van der Waals surface area contributed by atoms with Crippen molar-refractivity contribution in [2.24, 2.45) is 5.92 Å². The summed E-state index contributed by atoms with van der Waals surface area (Å²) in [5.41, 5.74) is 0. The molecule has 5 heteroatoms. The molecular formula is C10H20N2O3. The van der Waals surface area contributed by atoms with Crippen LogP contribution >= 0.6 is 0 Å². The maximum atomic E-state index is 10.8. The van der Waals surface area contributed by atoms with Crippen molar-refractivity contribution in [3.63, 3.8) is 0 Å². The Morgan fingerprint density at radius 3 is 2.93 bits per heavy atom. The number of carboxylic acids is 1. The summed E-state index contributed by atoms with van der Waals surface area (Å²) in [6, 6.07) is -0.582. The Bertz CT molecular complexity index is 211. The molecule has 0 aromatic rings. The molecule has 0 saturated carbocycles. The molecule has 0 radical (unpaired) electrons. The van der Waals surface area contributed by atoms with Crippen LogP contribution in [0.5, 0.6) is 0 Å². The first-order valence-electron chi connectivity index (χ1n) is 5.27. The maximum Gasteiger partial charge on any atom is 0.323 e. The first kappa shape index (κ1) is 12.4. The molecular weight excluding hydrogens is 196 g/mol. The van der Waals surface area contributed by atoms with Gasteiger partial charge in [-0.25, -0.2) is 0 Å². The molecule has 0 aromatic carbocycles. The van der Waals surface area contributed by atoms with Gasteiger partial charge >= 0.3 is 5.97 Å². The highest BCUT2D eigenvalue weighted by Crippen LogP contribution is 2.12. The molecule has 0 spiro atoms. The minimum atomic E-state index is -0.844. The molecule has 2 unspecified atom stereocenters. The van der Waals surface area contributed by atoms with Gasteiger partial charge < -0.3 is 20.1 Å². The van der Waals surface area contributed by atoms with Gasteiger partial charge in [-0.15, -0.1) is 0 Å². The SMILES string of the molecule is COCC(NCC1CCN(C)C1)C(=O)O. The fraction of sp³-hybridized carbons (Fsp3) is 0.900. The number of ether oxygens (including phenoxy) is 1. The van der Waals surface area contributed by atoms with Crippen LogP contribution < -0.4 is 5.32 Å². The fourth-order valence-corrected chi connectivity index (χ4v) is 1.89. The van der Waals surface area contributed by atoms with Crippen molar-refractivity contribution in [3.8, 4) is 0 Å². The predicted octanol–water partition coefficient (Wildman–Crippen LogP) is -0.373. The summed E-state index contributed by atoms with van der Waals surface area (Å²) in [4.78, 5) is 13.1.